The SMILES string of the molecule is CC1CCN(C(=O)c2ccc3ccccc3n2)CC1Cl. The van der Waals surface area contributed by atoms with Gasteiger partial charge in [0.1, 0.15) is 5.69 Å². The van der Waals surface area contributed by atoms with Gasteiger partial charge in [-0.15, -0.1) is 11.6 Å². The van der Waals surface area contributed by atoms with Gasteiger partial charge in [0.15, 0.2) is 0 Å². The molecule has 3 rings (SSSR count). The second-order valence-electron chi connectivity index (χ2n) is 5.42. The Morgan fingerprint density at radius 1 is 1.30 bits per heavy atom. The Hall–Kier alpha value is -1.61. The van der Waals surface area contributed by atoms with E-state index in [0.717, 1.165) is 23.9 Å². The molecule has 20 heavy (non-hydrogen) atoms. The molecule has 0 aliphatic carbocycles. The molecule has 1 aromatic carbocycles. The van der Waals surface area contributed by atoms with Crippen molar-refractivity contribution in [3.8, 4) is 0 Å². The second-order valence-corrected chi connectivity index (χ2v) is 5.98. The molecule has 1 amide bonds. The Morgan fingerprint density at radius 3 is 2.90 bits per heavy atom. The summed E-state index contributed by atoms with van der Waals surface area (Å²) >= 11 is 6.27. The summed E-state index contributed by atoms with van der Waals surface area (Å²) in [5, 5.41) is 1.08. The highest BCUT2D eigenvalue weighted by molar-refractivity contribution is 6.21. The predicted octanol–water partition coefficient (Wildman–Crippen LogP) is 3.32. The number of piperidine rings is 1. The molecule has 2 atom stereocenters. The number of hydrogen-bond donors (Lipinski definition) is 0. The topological polar surface area (TPSA) is 33.2 Å². The molecule has 0 radical (unpaired) electrons. The molecular weight excluding hydrogens is 272 g/mol. The molecule has 0 saturated carbocycles. The molecule has 1 fully saturated rings. The van der Waals surface area contributed by atoms with Gasteiger partial charge in [-0.05, 0) is 24.5 Å². The highest BCUT2D eigenvalue weighted by atomic mass is 35.5. The smallest absolute Gasteiger partial charge is 0.272 e. The summed E-state index contributed by atoms with van der Waals surface area (Å²) in [7, 11) is 0. The summed E-state index contributed by atoms with van der Waals surface area (Å²) in [6.45, 7) is 3.50. The average Bonchev–Trinajstić information content (AvgIpc) is 2.49. The van der Waals surface area contributed by atoms with Crippen LogP contribution in [0.4, 0.5) is 0 Å². The number of hydrogen-bond acceptors (Lipinski definition) is 2. The minimum Gasteiger partial charge on any atom is -0.336 e. The summed E-state index contributed by atoms with van der Waals surface area (Å²) in [4.78, 5) is 18.8. The first kappa shape index (κ1) is 13.4. The Kier molecular flexibility index (Phi) is 3.62. The Labute approximate surface area is 123 Å². The van der Waals surface area contributed by atoms with E-state index in [1.807, 2.05) is 35.2 Å². The van der Waals surface area contributed by atoms with Gasteiger partial charge in [-0.3, -0.25) is 4.79 Å². The number of carbonyl (C=O) groups is 1. The zero-order valence-electron chi connectivity index (χ0n) is 11.4. The second kappa shape index (κ2) is 5.41. The zero-order valence-corrected chi connectivity index (χ0v) is 12.2. The summed E-state index contributed by atoms with van der Waals surface area (Å²) in [5.41, 5.74) is 1.35. The number of nitrogens with zero attached hydrogens (tertiary/aromatic N) is 2. The Bertz CT molecular complexity index is 643. The van der Waals surface area contributed by atoms with Crippen LogP contribution in [0.2, 0.25) is 0 Å². The number of carbonyl (C=O) groups excluding carboxylic acids is 1. The van der Waals surface area contributed by atoms with E-state index in [9.17, 15) is 4.79 Å². The van der Waals surface area contributed by atoms with Gasteiger partial charge >= 0.3 is 0 Å². The summed E-state index contributed by atoms with van der Waals surface area (Å²) < 4.78 is 0. The van der Waals surface area contributed by atoms with Gasteiger partial charge < -0.3 is 4.90 Å². The van der Waals surface area contributed by atoms with Crippen molar-refractivity contribution in [2.24, 2.45) is 5.92 Å². The molecule has 1 saturated heterocycles. The summed E-state index contributed by atoms with van der Waals surface area (Å²) in [5.74, 6) is 0.443. The molecule has 4 heteroatoms. The molecule has 104 valence electrons. The number of rotatable bonds is 1. The van der Waals surface area contributed by atoms with Crippen LogP contribution < -0.4 is 0 Å². The third-order valence-corrected chi connectivity index (χ3v) is 4.54. The lowest BCUT2D eigenvalue weighted by Crippen LogP contribution is -2.44. The van der Waals surface area contributed by atoms with Crippen LogP contribution in [0, 0.1) is 5.92 Å². The van der Waals surface area contributed by atoms with Gasteiger partial charge in [-0.1, -0.05) is 31.2 Å². The number of amides is 1. The lowest BCUT2D eigenvalue weighted by Gasteiger charge is -2.33. The third kappa shape index (κ3) is 2.50. The summed E-state index contributed by atoms with van der Waals surface area (Å²) in [6, 6.07) is 11.6. The van der Waals surface area contributed by atoms with E-state index in [1.54, 1.807) is 6.07 Å². The van der Waals surface area contributed by atoms with E-state index in [2.05, 4.69) is 11.9 Å². The van der Waals surface area contributed by atoms with Crippen LogP contribution in [-0.2, 0) is 0 Å². The Morgan fingerprint density at radius 2 is 2.10 bits per heavy atom. The lowest BCUT2D eigenvalue weighted by atomic mass is 9.98. The maximum Gasteiger partial charge on any atom is 0.272 e. The van der Waals surface area contributed by atoms with Gasteiger partial charge in [-0.2, -0.15) is 0 Å². The highest BCUT2D eigenvalue weighted by Crippen LogP contribution is 2.23. The predicted molar refractivity (Wildman–Crippen MR) is 81.1 cm³/mol. The monoisotopic (exact) mass is 288 g/mol. The van der Waals surface area contributed by atoms with Crippen molar-refractivity contribution in [3.63, 3.8) is 0 Å². The minimum atomic E-state index is -0.0201. The van der Waals surface area contributed by atoms with Crippen molar-refractivity contribution in [1.82, 2.24) is 9.88 Å². The van der Waals surface area contributed by atoms with Gasteiger partial charge in [0, 0.05) is 18.5 Å². The van der Waals surface area contributed by atoms with E-state index in [1.165, 1.54) is 0 Å². The van der Waals surface area contributed by atoms with Crippen LogP contribution >= 0.6 is 11.6 Å². The van der Waals surface area contributed by atoms with Crippen molar-refractivity contribution in [3.05, 3.63) is 42.1 Å². The van der Waals surface area contributed by atoms with Crippen molar-refractivity contribution >= 4 is 28.4 Å². The quantitative estimate of drug-likeness (QED) is 0.754. The molecule has 2 unspecified atom stereocenters. The molecule has 2 heterocycles. The van der Waals surface area contributed by atoms with E-state index in [-0.39, 0.29) is 11.3 Å². The van der Waals surface area contributed by atoms with Crippen LogP contribution in [0.25, 0.3) is 10.9 Å². The number of fused-ring (bicyclic) bond motifs is 1. The van der Waals surface area contributed by atoms with Gasteiger partial charge in [0.2, 0.25) is 0 Å². The van der Waals surface area contributed by atoms with Gasteiger partial charge in [0.25, 0.3) is 5.91 Å². The number of para-hydroxylation sites is 1. The maximum atomic E-state index is 12.5. The summed E-state index contributed by atoms with van der Waals surface area (Å²) in [6.07, 6.45) is 0.952. The van der Waals surface area contributed by atoms with E-state index >= 15 is 0 Å². The van der Waals surface area contributed by atoms with Crippen LogP contribution in [0.5, 0.6) is 0 Å². The van der Waals surface area contributed by atoms with Crippen LogP contribution in [0.3, 0.4) is 0 Å². The number of pyridine rings is 1. The first-order chi connectivity index (χ1) is 9.65. The van der Waals surface area contributed by atoms with E-state index in [4.69, 9.17) is 11.6 Å². The van der Waals surface area contributed by atoms with E-state index in [0.29, 0.717) is 18.2 Å². The maximum absolute atomic E-state index is 12.5. The third-order valence-electron chi connectivity index (χ3n) is 3.97. The van der Waals surface area contributed by atoms with Crippen molar-refractivity contribution in [2.75, 3.05) is 13.1 Å². The number of benzene rings is 1. The molecule has 1 aromatic heterocycles. The average molecular weight is 289 g/mol. The standard InChI is InChI=1S/C16H17ClN2O/c1-11-8-9-19(10-13(11)17)16(20)15-7-6-12-4-2-3-5-14(12)18-15/h2-7,11,13H,8-10H2,1H3. The molecular formula is C16H17ClN2O. The van der Waals surface area contributed by atoms with Crippen LogP contribution in [0.1, 0.15) is 23.8 Å². The normalized spacial score (nSPS) is 23.0. The molecule has 0 bridgehead atoms. The molecule has 0 spiro atoms. The van der Waals surface area contributed by atoms with Crippen molar-refractivity contribution in [2.45, 2.75) is 18.7 Å². The van der Waals surface area contributed by atoms with Crippen molar-refractivity contribution in [1.29, 1.82) is 0 Å². The fourth-order valence-electron chi connectivity index (χ4n) is 2.55. The highest BCUT2D eigenvalue weighted by Gasteiger charge is 2.28. The first-order valence-electron chi connectivity index (χ1n) is 6.94. The van der Waals surface area contributed by atoms with E-state index < -0.39 is 0 Å². The zero-order chi connectivity index (χ0) is 14.1. The van der Waals surface area contributed by atoms with Crippen molar-refractivity contribution < 1.29 is 4.79 Å². The molecule has 1 aliphatic heterocycles. The number of likely N-dealkylation sites (tertiary alicyclic amines) is 1. The van der Waals surface area contributed by atoms with Crippen LogP contribution in [-0.4, -0.2) is 34.3 Å². The fraction of sp³-hybridized carbons (Fsp3) is 0.375. The molecule has 0 N–H and O–H groups in total. The minimum absolute atomic E-state index is 0.0201. The number of halogens is 1. The fourth-order valence-corrected chi connectivity index (χ4v) is 2.85. The molecule has 1 aliphatic rings. The van der Waals surface area contributed by atoms with Crippen LogP contribution in [0.15, 0.2) is 36.4 Å². The lowest BCUT2D eigenvalue weighted by molar-refractivity contribution is 0.0696. The molecule has 2 aromatic rings. The largest absolute Gasteiger partial charge is 0.336 e. The first-order valence-corrected chi connectivity index (χ1v) is 7.38. The number of alkyl halides is 1. The van der Waals surface area contributed by atoms with Gasteiger partial charge in [0.05, 0.1) is 10.9 Å². The molecule has 3 nitrogen and oxygen atoms in total. The number of aromatic nitrogens is 1. The Balaban J connectivity index is 1.85. The van der Waals surface area contributed by atoms with Gasteiger partial charge in [-0.25, -0.2) is 4.98 Å².